The average Bonchev–Trinajstić information content (AvgIpc) is 3.46. The van der Waals surface area contributed by atoms with E-state index in [1.54, 1.807) is 24.3 Å². The summed E-state index contributed by atoms with van der Waals surface area (Å²) in [6.45, 7) is 4.88. The van der Waals surface area contributed by atoms with Crippen LogP contribution >= 0.6 is 0 Å². The van der Waals surface area contributed by atoms with E-state index in [4.69, 9.17) is 19.7 Å². The number of carboxylic acid groups (broad SMARTS) is 2. The van der Waals surface area contributed by atoms with Crippen LogP contribution in [0.15, 0.2) is 24.3 Å². The maximum atomic E-state index is 12.0. The number of Topliss-reactive ketones (excluding diaryl/α,β-unsaturated/α-hetero) is 1. The first-order valence-corrected chi connectivity index (χ1v) is 15.2. The van der Waals surface area contributed by atoms with Crippen LogP contribution in [0.4, 0.5) is 0 Å². The molecule has 2 fully saturated rings. The molecule has 4 N–H and O–H groups in total. The van der Waals surface area contributed by atoms with Crippen molar-refractivity contribution in [1.82, 2.24) is 10.6 Å². The molecule has 250 valence electrons. The number of aliphatic carboxylic acids is 2. The zero-order chi connectivity index (χ0) is 31.6. The molecule has 11 nitrogen and oxygen atoms in total. The summed E-state index contributed by atoms with van der Waals surface area (Å²) in [5.41, 5.74) is 1.14. The van der Waals surface area contributed by atoms with Gasteiger partial charge in [0.2, 0.25) is 5.91 Å². The van der Waals surface area contributed by atoms with Gasteiger partial charge in [0.15, 0.2) is 11.7 Å². The van der Waals surface area contributed by atoms with Gasteiger partial charge in [0.05, 0.1) is 6.04 Å². The summed E-state index contributed by atoms with van der Waals surface area (Å²) in [6.07, 6.45) is 11.5. The van der Waals surface area contributed by atoms with Crippen molar-refractivity contribution < 1.29 is 64.7 Å². The second-order valence-electron chi connectivity index (χ2n) is 11.2. The van der Waals surface area contributed by atoms with Gasteiger partial charge in [-0.15, -0.1) is 0 Å². The second kappa shape index (κ2) is 22.0. The van der Waals surface area contributed by atoms with Crippen LogP contribution in [-0.2, 0) is 67.5 Å². The van der Waals surface area contributed by atoms with Crippen LogP contribution in [0, 0.1) is 18.4 Å². The van der Waals surface area contributed by atoms with E-state index in [-0.39, 0.29) is 46.5 Å². The Hall–Kier alpha value is -2.62. The van der Waals surface area contributed by atoms with E-state index in [0.717, 1.165) is 37.6 Å². The Morgan fingerprint density at radius 3 is 2.25 bits per heavy atom. The standard InChI is InChI=1S/C24H33NO9.C8H14N.Pt/c1-3-4-5-6-7-20(16(2)26)25-21(27)14-33-15-22(28)34-13-18-10-8-17(9-11-18)12-19(23(29)30)24(31)32;1-2-4-8-7(3-1)5-6-9-8;/h8-11,19-20H,3-7,12-15H2,1-2H3,(H,25,27)(H,29,30)(H,31,32);6-9H,1-5H2;/q;-1;/t;7-,8+;/m.1./s1. The molecule has 0 spiro atoms. The number of unbranched alkanes of at least 4 members (excludes halogenated alkanes) is 3. The topological polar surface area (TPSA) is 168 Å². The molecule has 1 aliphatic carbocycles. The van der Waals surface area contributed by atoms with E-state index in [0.29, 0.717) is 17.5 Å². The molecule has 2 aliphatic rings. The number of rotatable bonds is 17. The summed E-state index contributed by atoms with van der Waals surface area (Å²) in [4.78, 5) is 57.5. The van der Waals surface area contributed by atoms with Crippen LogP contribution in [0.25, 0.3) is 0 Å². The monoisotopic (exact) mass is 798 g/mol. The summed E-state index contributed by atoms with van der Waals surface area (Å²) >= 11 is 0. The van der Waals surface area contributed by atoms with E-state index < -0.39 is 42.4 Å². The van der Waals surface area contributed by atoms with Crippen LogP contribution in [0.2, 0.25) is 0 Å². The Balaban J connectivity index is 0.000000811. The van der Waals surface area contributed by atoms with Crippen molar-refractivity contribution in [3.63, 3.8) is 0 Å². The van der Waals surface area contributed by atoms with E-state index >= 15 is 0 Å². The van der Waals surface area contributed by atoms with Crippen LogP contribution in [0.5, 0.6) is 0 Å². The van der Waals surface area contributed by atoms with Gasteiger partial charge in [-0.25, -0.2) is 4.79 Å². The predicted molar refractivity (Wildman–Crippen MR) is 159 cm³/mol. The summed E-state index contributed by atoms with van der Waals surface area (Å²) in [6, 6.07) is 6.62. The van der Waals surface area contributed by atoms with Gasteiger partial charge in [0, 0.05) is 21.1 Å². The minimum Gasteiger partial charge on any atom is -0.481 e. The summed E-state index contributed by atoms with van der Waals surface area (Å²) < 4.78 is 10.1. The average molecular weight is 799 g/mol. The molecule has 12 heteroatoms. The number of carbonyl (C=O) groups is 5. The molecule has 0 bridgehead atoms. The number of ketones is 1. The third kappa shape index (κ3) is 15.4. The molecule has 0 aromatic heterocycles. The van der Waals surface area contributed by atoms with E-state index in [1.807, 2.05) is 0 Å². The summed E-state index contributed by atoms with van der Waals surface area (Å²) in [5.74, 6) is -4.66. The number of fused-ring (bicyclic) bond motifs is 1. The molecule has 44 heavy (non-hydrogen) atoms. The van der Waals surface area contributed by atoms with Crippen molar-refractivity contribution in [2.45, 2.75) is 103 Å². The van der Waals surface area contributed by atoms with Gasteiger partial charge in [-0.1, -0.05) is 82.1 Å². The molecule has 1 heterocycles. The molecule has 1 aromatic rings. The van der Waals surface area contributed by atoms with Crippen molar-refractivity contribution in [2.75, 3.05) is 13.2 Å². The SMILES string of the molecule is CCCCCCC(NC(=O)COCC(=O)OCc1ccc(CC(C(=O)O)C(=O)O)cc1)C(C)=O.[CH-]1C[C@H]2CCCC[C@@H]2N1.[Pt]. The quantitative estimate of drug-likeness (QED) is 0.0788. The molecule has 0 radical (unpaired) electrons. The number of nitrogens with one attached hydrogen (secondary N) is 2. The Bertz CT molecular complexity index is 1020. The third-order valence-electron chi connectivity index (χ3n) is 7.75. The maximum absolute atomic E-state index is 12.0. The molecule has 3 atom stereocenters. The molecule has 1 unspecified atom stereocenters. The largest absolute Gasteiger partial charge is 0.481 e. The van der Waals surface area contributed by atoms with Gasteiger partial charge in [-0.2, -0.15) is 6.42 Å². The number of esters is 1. The number of hydrogen-bond donors (Lipinski definition) is 4. The molecule has 1 saturated heterocycles. The van der Waals surface area contributed by atoms with Crippen molar-refractivity contribution in [1.29, 1.82) is 0 Å². The van der Waals surface area contributed by atoms with Gasteiger partial charge in [-0.05, 0) is 43.4 Å². The van der Waals surface area contributed by atoms with Crippen molar-refractivity contribution >= 4 is 29.6 Å². The zero-order valence-electron chi connectivity index (χ0n) is 25.7. The smallest absolute Gasteiger partial charge is 0.332 e. The number of ether oxygens (including phenoxy) is 2. The van der Waals surface area contributed by atoms with Crippen molar-refractivity contribution in [3.05, 3.63) is 41.9 Å². The van der Waals surface area contributed by atoms with Crippen molar-refractivity contribution in [2.24, 2.45) is 11.8 Å². The fourth-order valence-corrected chi connectivity index (χ4v) is 5.19. The molecule has 1 amide bonds. The van der Waals surface area contributed by atoms with Crippen LogP contribution in [0.1, 0.15) is 89.2 Å². The second-order valence-corrected chi connectivity index (χ2v) is 11.2. The Morgan fingerprint density at radius 1 is 0.977 bits per heavy atom. The van der Waals surface area contributed by atoms with Crippen molar-refractivity contribution in [3.8, 4) is 0 Å². The van der Waals surface area contributed by atoms with Gasteiger partial charge < -0.3 is 30.3 Å². The first-order chi connectivity index (χ1) is 20.6. The van der Waals surface area contributed by atoms with Gasteiger partial charge in [-0.3, -0.25) is 25.7 Å². The molecule has 3 rings (SSSR count). The summed E-state index contributed by atoms with van der Waals surface area (Å²) in [7, 11) is 0. The molecular formula is C32H47N2O9Pt-. The molecule has 1 saturated carbocycles. The summed E-state index contributed by atoms with van der Waals surface area (Å²) in [5, 5.41) is 23.9. The number of benzene rings is 1. The maximum Gasteiger partial charge on any atom is 0.332 e. The van der Waals surface area contributed by atoms with E-state index in [1.165, 1.54) is 39.0 Å². The molecule has 1 aliphatic heterocycles. The zero-order valence-corrected chi connectivity index (χ0v) is 27.9. The van der Waals surface area contributed by atoms with Gasteiger partial charge in [0.1, 0.15) is 19.8 Å². The number of carbonyl (C=O) groups excluding carboxylic acids is 3. The Morgan fingerprint density at radius 2 is 1.64 bits per heavy atom. The Labute approximate surface area is 274 Å². The van der Waals surface area contributed by atoms with Gasteiger partial charge >= 0.3 is 17.9 Å². The third-order valence-corrected chi connectivity index (χ3v) is 7.75. The van der Waals surface area contributed by atoms with Gasteiger partial charge in [0.25, 0.3) is 0 Å². The minimum atomic E-state index is -1.54. The van der Waals surface area contributed by atoms with Crippen LogP contribution in [-0.4, -0.2) is 65.1 Å². The number of hydrogen-bond acceptors (Lipinski definition) is 8. The normalized spacial score (nSPS) is 17.7. The van der Waals surface area contributed by atoms with Crippen LogP contribution in [0.3, 0.4) is 0 Å². The fraction of sp³-hybridized carbons (Fsp3) is 0.625. The van der Waals surface area contributed by atoms with E-state index in [9.17, 15) is 24.0 Å². The van der Waals surface area contributed by atoms with E-state index in [2.05, 4.69) is 24.1 Å². The number of amides is 1. The first kappa shape index (κ1) is 39.4. The minimum absolute atomic E-state index is 0. The predicted octanol–water partition coefficient (Wildman–Crippen LogP) is 3.82. The fourth-order valence-electron chi connectivity index (χ4n) is 5.19. The molecular weight excluding hydrogens is 751 g/mol. The van der Waals surface area contributed by atoms with Crippen LogP contribution < -0.4 is 10.6 Å². The Kier molecular flexibility index (Phi) is 19.7. The first-order valence-electron chi connectivity index (χ1n) is 15.2. The number of carboxylic acids is 2. The molecule has 1 aromatic carbocycles.